The van der Waals surface area contributed by atoms with E-state index in [9.17, 15) is 0 Å². The molecule has 15 heavy (non-hydrogen) atoms. The largest absolute Gasteiger partial charge is 0.441 e. The molecule has 0 fully saturated rings. The van der Waals surface area contributed by atoms with Crippen molar-refractivity contribution in [3.63, 3.8) is 0 Å². The number of nitrogens with zero attached hydrogens (tertiary/aromatic N) is 1. The topological polar surface area (TPSA) is 38.1 Å². The Morgan fingerprint density at radius 1 is 1.33 bits per heavy atom. The molecule has 3 nitrogen and oxygen atoms in total. The fourth-order valence-corrected chi connectivity index (χ4v) is 1.49. The smallest absolute Gasteiger partial charge is 0.196 e. The predicted molar refractivity (Wildman–Crippen MR) is 60.9 cm³/mol. The molecule has 1 aromatic carbocycles. The average Bonchev–Trinajstić information content (AvgIpc) is 2.59. The second-order valence-electron chi connectivity index (χ2n) is 3.93. The van der Waals surface area contributed by atoms with Crippen LogP contribution >= 0.6 is 0 Å². The quantitative estimate of drug-likeness (QED) is 0.830. The molecule has 0 radical (unpaired) electrons. The molecular formula is C12H16N2O. The highest BCUT2D eigenvalue weighted by molar-refractivity contribution is 5.72. The molecule has 0 unspecified atom stereocenters. The van der Waals surface area contributed by atoms with Gasteiger partial charge in [0.25, 0.3) is 0 Å². The second-order valence-corrected chi connectivity index (χ2v) is 3.93. The van der Waals surface area contributed by atoms with E-state index in [1.165, 1.54) is 0 Å². The number of hydrogen-bond acceptors (Lipinski definition) is 3. The van der Waals surface area contributed by atoms with Gasteiger partial charge < -0.3 is 9.73 Å². The summed E-state index contributed by atoms with van der Waals surface area (Å²) in [6.07, 6.45) is 0.840. The average molecular weight is 204 g/mol. The Labute approximate surface area is 89.5 Å². The minimum Gasteiger partial charge on any atom is -0.441 e. The molecule has 0 saturated heterocycles. The van der Waals surface area contributed by atoms with Gasteiger partial charge in [-0.15, -0.1) is 0 Å². The molecule has 80 valence electrons. The van der Waals surface area contributed by atoms with Crippen LogP contribution in [-0.4, -0.2) is 17.6 Å². The minimum absolute atomic E-state index is 0.509. The molecule has 0 bridgehead atoms. The van der Waals surface area contributed by atoms with Crippen molar-refractivity contribution in [2.24, 2.45) is 0 Å². The van der Waals surface area contributed by atoms with Gasteiger partial charge in [-0.25, -0.2) is 4.98 Å². The van der Waals surface area contributed by atoms with Gasteiger partial charge in [0.2, 0.25) is 0 Å². The van der Waals surface area contributed by atoms with Crippen LogP contribution in [0.1, 0.15) is 19.7 Å². The fraction of sp³-hybridized carbons (Fsp3) is 0.417. The van der Waals surface area contributed by atoms with E-state index >= 15 is 0 Å². The van der Waals surface area contributed by atoms with Gasteiger partial charge in [-0.05, 0) is 12.1 Å². The summed E-state index contributed by atoms with van der Waals surface area (Å²) in [7, 11) is 0. The third-order valence-corrected chi connectivity index (χ3v) is 2.23. The van der Waals surface area contributed by atoms with Crippen LogP contribution in [0.25, 0.3) is 11.1 Å². The Bertz CT molecular complexity index is 401. The Hall–Kier alpha value is -1.35. The van der Waals surface area contributed by atoms with E-state index in [2.05, 4.69) is 24.1 Å². The Balaban J connectivity index is 2.03. The molecule has 0 aliphatic rings. The summed E-state index contributed by atoms with van der Waals surface area (Å²) in [5.41, 5.74) is 1.81. The van der Waals surface area contributed by atoms with Crippen molar-refractivity contribution in [3.05, 3.63) is 30.2 Å². The maximum atomic E-state index is 5.60. The molecule has 1 heterocycles. The minimum atomic E-state index is 0.509. The van der Waals surface area contributed by atoms with Crippen LogP contribution in [0.4, 0.5) is 0 Å². The first-order valence-corrected chi connectivity index (χ1v) is 5.33. The van der Waals surface area contributed by atoms with Crippen LogP contribution in [0.15, 0.2) is 28.7 Å². The predicted octanol–water partition coefficient (Wildman–Crippen LogP) is 2.37. The summed E-state index contributed by atoms with van der Waals surface area (Å²) < 4.78 is 5.60. The molecule has 1 aromatic heterocycles. The van der Waals surface area contributed by atoms with Gasteiger partial charge in [0, 0.05) is 19.0 Å². The molecule has 0 amide bonds. The van der Waals surface area contributed by atoms with Gasteiger partial charge in [-0.3, -0.25) is 0 Å². The number of benzene rings is 1. The number of oxazole rings is 1. The molecule has 3 heteroatoms. The summed E-state index contributed by atoms with van der Waals surface area (Å²) in [5.74, 6) is 0.810. The number of rotatable bonds is 4. The van der Waals surface area contributed by atoms with Gasteiger partial charge >= 0.3 is 0 Å². The van der Waals surface area contributed by atoms with Crippen molar-refractivity contribution < 1.29 is 4.42 Å². The van der Waals surface area contributed by atoms with Crippen LogP contribution in [0.5, 0.6) is 0 Å². The highest BCUT2D eigenvalue weighted by Gasteiger charge is 2.04. The summed E-state index contributed by atoms with van der Waals surface area (Å²) in [6, 6.07) is 8.36. The first-order chi connectivity index (χ1) is 7.25. The molecular weight excluding hydrogens is 188 g/mol. The number of hydrogen-bond donors (Lipinski definition) is 1. The molecule has 0 atom stereocenters. The summed E-state index contributed by atoms with van der Waals surface area (Å²) in [6.45, 7) is 5.17. The van der Waals surface area contributed by atoms with E-state index < -0.39 is 0 Å². The molecule has 1 N–H and O–H groups in total. The zero-order chi connectivity index (χ0) is 10.7. The van der Waals surface area contributed by atoms with Crippen LogP contribution in [0.3, 0.4) is 0 Å². The maximum absolute atomic E-state index is 5.60. The molecule has 2 rings (SSSR count). The zero-order valence-electron chi connectivity index (χ0n) is 9.16. The van der Waals surface area contributed by atoms with Crippen molar-refractivity contribution >= 4 is 11.1 Å². The lowest BCUT2D eigenvalue weighted by molar-refractivity contribution is 0.501. The highest BCUT2D eigenvalue weighted by Crippen LogP contribution is 2.14. The van der Waals surface area contributed by atoms with Crippen molar-refractivity contribution in [2.75, 3.05) is 6.54 Å². The van der Waals surface area contributed by atoms with Gasteiger partial charge in [-0.1, -0.05) is 26.0 Å². The van der Waals surface area contributed by atoms with E-state index in [1.54, 1.807) is 0 Å². The summed E-state index contributed by atoms with van der Waals surface area (Å²) in [4.78, 5) is 4.40. The number of nitrogens with one attached hydrogen (secondary N) is 1. The van der Waals surface area contributed by atoms with Crippen molar-refractivity contribution in [1.29, 1.82) is 0 Å². The lowest BCUT2D eigenvalue weighted by Crippen LogP contribution is -2.24. The van der Waals surface area contributed by atoms with E-state index in [-0.39, 0.29) is 0 Å². The molecule has 0 spiro atoms. The zero-order valence-corrected chi connectivity index (χ0v) is 9.16. The molecule has 0 saturated carbocycles. The number of aromatic nitrogens is 1. The first kappa shape index (κ1) is 10.2. The van der Waals surface area contributed by atoms with Crippen molar-refractivity contribution in [3.8, 4) is 0 Å². The Morgan fingerprint density at radius 2 is 2.13 bits per heavy atom. The van der Waals surface area contributed by atoms with E-state index in [1.807, 2.05) is 24.3 Å². The SMILES string of the molecule is CC(C)NCCc1nc2ccccc2o1. The van der Waals surface area contributed by atoms with Gasteiger partial charge in [0.15, 0.2) is 11.5 Å². The van der Waals surface area contributed by atoms with Crippen LogP contribution in [0, 0.1) is 0 Å². The standard InChI is InChI=1S/C12H16N2O/c1-9(2)13-8-7-12-14-10-5-3-4-6-11(10)15-12/h3-6,9,13H,7-8H2,1-2H3. The van der Waals surface area contributed by atoms with Crippen molar-refractivity contribution in [2.45, 2.75) is 26.3 Å². The molecule has 0 aliphatic heterocycles. The summed E-state index contributed by atoms with van der Waals surface area (Å²) >= 11 is 0. The van der Waals surface area contributed by atoms with Crippen LogP contribution < -0.4 is 5.32 Å². The van der Waals surface area contributed by atoms with Crippen molar-refractivity contribution in [1.82, 2.24) is 10.3 Å². The fourth-order valence-electron chi connectivity index (χ4n) is 1.49. The molecule has 2 aromatic rings. The van der Waals surface area contributed by atoms with E-state index in [0.29, 0.717) is 6.04 Å². The Morgan fingerprint density at radius 3 is 2.87 bits per heavy atom. The maximum Gasteiger partial charge on any atom is 0.196 e. The van der Waals surface area contributed by atoms with Gasteiger partial charge in [0.05, 0.1) is 0 Å². The van der Waals surface area contributed by atoms with E-state index in [0.717, 1.165) is 30.0 Å². The number of para-hydroxylation sites is 2. The lowest BCUT2D eigenvalue weighted by atomic mass is 10.3. The second kappa shape index (κ2) is 4.45. The first-order valence-electron chi connectivity index (χ1n) is 5.33. The highest BCUT2D eigenvalue weighted by atomic mass is 16.3. The Kier molecular flexibility index (Phi) is 3.02. The number of fused-ring (bicyclic) bond motifs is 1. The normalized spacial score (nSPS) is 11.4. The third kappa shape index (κ3) is 2.57. The van der Waals surface area contributed by atoms with E-state index in [4.69, 9.17) is 4.42 Å². The summed E-state index contributed by atoms with van der Waals surface area (Å²) in [5, 5.41) is 3.34. The van der Waals surface area contributed by atoms with Gasteiger partial charge in [-0.2, -0.15) is 0 Å². The van der Waals surface area contributed by atoms with Crippen LogP contribution in [0.2, 0.25) is 0 Å². The van der Waals surface area contributed by atoms with Gasteiger partial charge in [0.1, 0.15) is 5.52 Å². The molecule has 0 aliphatic carbocycles. The lowest BCUT2D eigenvalue weighted by Gasteiger charge is -2.04. The monoisotopic (exact) mass is 204 g/mol. The van der Waals surface area contributed by atoms with Crippen LogP contribution in [-0.2, 0) is 6.42 Å². The third-order valence-electron chi connectivity index (χ3n) is 2.23.